The molecule has 424 valence electrons. The van der Waals surface area contributed by atoms with E-state index < -0.39 is 20.0 Å². The third-order valence-electron chi connectivity index (χ3n) is 13.1. The van der Waals surface area contributed by atoms with Crippen LogP contribution >= 0.6 is 7.82 Å². The quantitative estimate of drug-likeness (QED) is 0.0205. The molecular formula is C63H116N2O7P+. The lowest BCUT2D eigenvalue weighted by Gasteiger charge is -2.27. The SMILES string of the molecule is CCCCC/C=C\C/C=C\C/C=C\C/C=C\CCCC(=O)OC(/C=C/CCCCCCCCCCCCC)C(COP(=O)(O)OCC[N+](C)(C)C)NC(=O)CCCCCCCCC/C=C/CCCCCCCC. The topological polar surface area (TPSA) is 111 Å². The van der Waals surface area contributed by atoms with Crippen molar-refractivity contribution in [2.75, 3.05) is 40.9 Å². The number of carbonyl (C=O) groups excluding carboxylic acids is 2. The molecule has 10 heteroatoms. The van der Waals surface area contributed by atoms with Crippen LogP contribution < -0.4 is 5.32 Å². The number of amides is 1. The molecule has 0 aromatic carbocycles. The van der Waals surface area contributed by atoms with Gasteiger partial charge >= 0.3 is 13.8 Å². The summed E-state index contributed by atoms with van der Waals surface area (Å²) in [6, 6.07) is -0.874. The van der Waals surface area contributed by atoms with Crippen LogP contribution in [0.4, 0.5) is 0 Å². The molecule has 0 aliphatic rings. The summed E-state index contributed by atoms with van der Waals surface area (Å²) in [6.45, 7) is 6.95. The van der Waals surface area contributed by atoms with E-state index in [1.54, 1.807) is 0 Å². The van der Waals surface area contributed by atoms with Crippen LogP contribution in [0.5, 0.6) is 0 Å². The number of nitrogens with zero attached hydrogens (tertiary/aromatic N) is 1. The van der Waals surface area contributed by atoms with Gasteiger partial charge in [0.1, 0.15) is 19.3 Å². The molecule has 0 aromatic rings. The molecule has 3 atom stereocenters. The van der Waals surface area contributed by atoms with E-state index in [-0.39, 0.29) is 31.5 Å². The van der Waals surface area contributed by atoms with Gasteiger partial charge in [-0.15, -0.1) is 0 Å². The van der Waals surface area contributed by atoms with Gasteiger partial charge in [0.25, 0.3) is 0 Å². The zero-order valence-electron chi connectivity index (χ0n) is 48.4. The Morgan fingerprint density at radius 1 is 0.479 bits per heavy atom. The summed E-state index contributed by atoms with van der Waals surface area (Å²) >= 11 is 0. The molecule has 0 radical (unpaired) electrons. The predicted molar refractivity (Wildman–Crippen MR) is 314 cm³/mol. The van der Waals surface area contributed by atoms with Gasteiger partial charge in [-0.05, 0) is 96.0 Å². The summed E-state index contributed by atoms with van der Waals surface area (Å²) in [4.78, 5) is 37.6. The molecule has 0 aliphatic heterocycles. The van der Waals surface area contributed by atoms with E-state index in [0.717, 1.165) is 77.0 Å². The van der Waals surface area contributed by atoms with Crippen molar-refractivity contribution in [3.05, 3.63) is 72.9 Å². The molecule has 0 spiro atoms. The number of likely N-dealkylation sites (N-methyl/N-ethyl adjacent to an activating group) is 1. The lowest BCUT2D eigenvalue weighted by Crippen LogP contribution is -2.47. The Morgan fingerprint density at radius 3 is 1.32 bits per heavy atom. The molecule has 2 N–H and O–H groups in total. The molecule has 9 nitrogen and oxygen atoms in total. The Bertz CT molecular complexity index is 1480. The van der Waals surface area contributed by atoms with Crippen molar-refractivity contribution >= 4 is 19.7 Å². The Labute approximate surface area is 451 Å². The largest absolute Gasteiger partial charge is 0.472 e. The predicted octanol–water partition coefficient (Wildman–Crippen LogP) is 18.4. The molecule has 0 rings (SSSR count). The minimum absolute atomic E-state index is 0.0291. The molecule has 73 heavy (non-hydrogen) atoms. The highest BCUT2D eigenvalue weighted by molar-refractivity contribution is 7.47. The second-order valence-corrected chi connectivity index (χ2v) is 23.0. The fourth-order valence-corrected chi connectivity index (χ4v) is 9.13. The zero-order valence-corrected chi connectivity index (χ0v) is 49.3. The molecule has 0 fully saturated rings. The average Bonchev–Trinajstić information content (AvgIpc) is 3.35. The number of nitrogens with one attached hydrogen (secondary N) is 1. The van der Waals surface area contributed by atoms with E-state index in [4.69, 9.17) is 13.8 Å². The smallest absolute Gasteiger partial charge is 0.456 e. The first-order chi connectivity index (χ1) is 35.4. The molecular weight excluding hydrogens is 928 g/mol. The first kappa shape index (κ1) is 70.5. The maximum atomic E-state index is 13.5. The second kappa shape index (κ2) is 52.9. The van der Waals surface area contributed by atoms with Crippen molar-refractivity contribution in [1.29, 1.82) is 0 Å². The molecule has 0 saturated carbocycles. The number of hydrogen-bond donors (Lipinski definition) is 2. The van der Waals surface area contributed by atoms with Crippen molar-refractivity contribution in [2.24, 2.45) is 0 Å². The third-order valence-corrected chi connectivity index (χ3v) is 14.1. The maximum Gasteiger partial charge on any atom is 0.472 e. The van der Waals surface area contributed by atoms with Crippen LogP contribution in [0.2, 0.25) is 0 Å². The Morgan fingerprint density at radius 2 is 0.849 bits per heavy atom. The molecule has 0 saturated heterocycles. The normalized spacial score (nSPS) is 14.2. The van der Waals surface area contributed by atoms with Crippen LogP contribution in [0.3, 0.4) is 0 Å². The van der Waals surface area contributed by atoms with Crippen LogP contribution in [0.1, 0.15) is 265 Å². The summed E-state index contributed by atoms with van der Waals surface area (Å²) in [6.07, 6.45) is 67.5. The summed E-state index contributed by atoms with van der Waals surface area (Å²) in [5, 5.41) is 3.04. The van der Waals surface area contributed by atoms with Crippen molar-refractivity contribution < 1.29 is 37.3 Å². The number of unbranched alkanes of at least 4 members (excludes halogenated alkanes) is 28. The molecule has 0 aromatic heterocycles. The summed E-state index contributed by atoms with van der Waals surface area (Å²) in [5.74, 6) is -0.574. The first-order valence-electron chi connectivity index (χ1n) is 30.3. The summed E-state index contributed by atoms with van der Waals surface area (Å²) in [5.41, 5.74) is 0. The van der Waals surface area contributed by atoms with Crippen LogP contribution in [-0.2, 0) is 27.9 Å². The Balaban J connectivity index is 5.42. The molecule has 0 bridgehead atoms. The van der Waals surface area contributed by atoms with E-state index in [9.17, 15) is 19.0 Å². The molecule has 0 heterocycles. The van der Waals surface area contributed by atoms with Gasteiger partial charge in [-0.1, -0.05) is 229 Å². The average molecular weight is 1040 g/mol. The number of carbonyl (C=O) groups is 2. The van der Waals surface area contributed by atoms with Gasteiger partial charge in [0.15, 0.2) is 0 Å². The highest BCUT2D eigenvalue weighted by atomic mass is 31.2. The highest BCUT2D eigenvalue weighted by Crippen LogP contribution is 2.43. The van der Waals surface area contributed by atoms with E-state index in [2.05, 4.69) is 86.8 Å². The van der Waals surface area contributed by atoms with Gasteiger partial charge in [0, 0.05) is 12.8 Å². The highest BCUT2D eigenvalue weighted by Gasteiger charge is 2.30. The zero-order chi connectivity index (χ0) is 53.6. The van der Waals surface area contributed by atoms with Gasteiger partial charge in [-0.2, -0.15) is 0 Å². The fraction of sp³-hybridized carbons (Fsp3) is 0.778. The van der Waals surface area contributed by atoms with E-state index in [0.29, 0.717) is 23.9 Å². The second-order valence-electron chi connectivity index (χ2n) is 21.5. The van der Waals surface area contributed by atoms with Crippen molar-refractivity contribution in [3.8, 4) is 0 Å². The summed E-state index contributed by atoms with van der Waals surface area (Å²) < 4.78 is 30.6. The van der Waals surface area contributed by atoms with Gasteiger partial charge in [0.05, 0.1) is 33.8 Å². The fourth-order valence-electron chi connectivity index (χ4n) is 8.40. The van der Waals surface area contributed by atoms with Gasteiger partial charge in [-0.3, -0.25) is 18.6 Å². The van der Waals surface area contributed by atoms with Crippen molar-refractivity contribution in [2.45, 2.75) is 277 Å². The van der Waals surface area contributed by atoms with Crippen molar-refractivity contribution in [3.63, 3.8) is 0 Å². The lowest BCUT2D eigenvalue weighted by atomic mass is 10.0. The number of phosphoric acid groups is 1. The lowest BCUT2D eigenvalue weighted by molar-refractivity contribution is -0.870. The first-order valence-corrected chi connectivity index (χ1v) is 31.8. The number of ether oxygens (including phenoxy) is 1. The minimum atomic E-state index is -4.46. The van der Waals surface area contributed by atoms with Crippen LogP contribution in [0.25, 0.3) is 0 Å². The minimum Gasteiger partial charge on any atom is -0.456 e. The van der Waals surface area contributed by atoms with E-state index in [1.807, 2.05) is 33.3 Å². The standard InChI is InChI=1S/C63H115N2O7P/c1-7-10-13-16-19-22-25-28-30-32-34-37-40-43-46-49-52-55-62(66)64-60(59-71-73(68,69)70-58-57-65(4,5)6)61(54-51-48-45-42-39-36-27-24-21-18-15-12-9-3)72-63(67)56-53-50-47-44-41-38-35-33-31-29-26-23-20-17-14-11-8-2/h20,23,28-31,35,38,44,47,51,54,60-61H,7-19,21-22,24-27,32-34,36-37,39-43,45-46,48-50,52-53,55-59H2,1-6H3,(H-,64,66,68,69)/p+1/b23-20-,30-28+,31-29-,38-35-,47-44-,54-51+. The number of hydrogen-bond acceptors (Lipinski definition) is 6. The molecule has 1 amide bonds. The van der Waals surface area contributed by atoms with Gasteiger partial charge in [-0.25, -0.2) is 4.57 Å². The molecule has 3 unspecified atom stereocenters. The van der Waals surface area contributed by atoms with Crippen LogP contribution in [0, 0.1) is 0 Å². The Hall–Kier alpha value is -2.55. The van der Waals surface area contributed by atoms with Gasteiger partial charge < -0.3 is 19.4 Å². The van der Waals surface area contributed by atoms with Gasteiger partial charge in [0.2, 0.25) is 5.91 Å². The number of phosphoric ester groups is 1. The van der Waals surface area contributed by atoms with E-state index in [1.165, 1.54) is 148 Å². The number of rotatable bonds is 54. The van der Waals surface area contributed by atoms with Crippen LogP contribution in [0.15, 0.2) is 72.9 Å². The number of quaternary nitrogens is 1. The van der Waals surface area contributed by atoms with Crippen LogP contribution in [-0.4, -0.2) is 74.3 Å². The maximum absolute atomic E-state index is 13.5. The monoisotopic (exact) mass is 1040 g/mol. The summed E-state index contributed by atoms with van der Waals surface area (Å²) in [7, 11) is 1.46. The van der Waals surface area contributed by atoms with Crippen molar-refractivity contribution in [1.82, 2.24) is 5.32 Å². The molecule has 0 aliphatic carbocycles. The third kappa shape index (κ3) is 54.1. The van der Waals surface area contributed by atoms with E-state index >= 15 is 0 Å². The number of esters is 1. The Kier molecular flexibility index (Phi) is 51.0. The number of allylic oxidation sites excluding steroid dienone is 11.